The molecule has 28 heavy (non-hydrogen) atoms. The van der Waals surface area contributed by atoms with Crippen LogP contribution >= 0.6 is 0 Å². The van der Waals surface area contributed by atoms with Crippen molar-refractivity contribution < 1.29 is 30.2 Å². The van der Waals surface area contributed by atoms with Crippen LogP contribution in [-0.2, 0) is 4.79 Å². The maximum Gasteiger partial charge on any atom is 0.370 e. The summed E-state index contributed by atoms with van der Waals surface area (Å²) in [6.45, 7) is 0.835. The molecule has 2 aromatic carbocycles. The number of para-hydroxylation sites is 1. The van der Waals surface area contributed by atoms with E-state index < -0.39 is 12.0 Å². The van der Waals surface area contributed by atoms with E-state index in [0.29, 0.717) is 28.9 Å². The minimum atomic E-state index is -0.448. The number of esters is 1. The van der Waals surface area contributed by atoms with Crippen molar-refractivity contribution in [2.45, 2.75) is 25.3 Å². The molecule has 0 amide bonds. The monoisotopic (exact) mass is 384 g/mol. The summed E-state index contributed by atoms with van der Waals surface area (Å²) in [6.07, 6.45) is 3.74. The molecule has 146 valence electrons. The second kappa shape index (κ2) is 9.16. The predicted octanol–water partition coefficient (Wildman–Crippen LogP) is 1.51. The lowest BCUT2D eigenvalue weighted by Gasteiger charge is -2.09. The molecule has 0 spiro atoms. The molecule has 3 aromatic rings. The first-order valence-corrected chi connectivity index (χ1v) is 9.21. The summed E-state index contributed by atoms with van der Waals surface area (Å²) in [5.41, 5.74) is 7.64. The zero-order chi connectivity index (χ0) is 19.9. The van der Waals surface area contributed by atoms with Gasteiger partial charge in [-0.2, -0.15) is 0 Å². The highest BCUT2D eigenvalue weighted by atomic mass is 16.5. The number of fused-ring (bicyclic) bond motifs is 1. The molecule has 0 fully saturated rings. The van der Waals surface area contributed by atoms with Crippen molar-refractivity contribution >= 4 is 16.9 Å². The van der Waals surface area contributed by atoms with Gasteiger partial charge in [0.05, 0.1) is 11.9 Å². The smallest absolute Gasteiger partial charge is 0.370 e. The highest BCUT2D eigenvalue weighted by Crippen LogP contribution is 2.24. The van der Waals surface area contributed by atoms with Crippen molar-refractivity contribution in [2.75, 3.05) is 6.54 Å². The largest absolute Gasteiger partial charge is 0.460 e. The van der Waals surface area contributed by atoms with Gasteiger partial charge < -0.3 is 25.4 Å². The molecular formula is C21H24N2O5+2. The Bertz CT molecular complexity index is 1000. The summed E-state index contributed by atoms with van der Waals surface area (Å²) >= 11 is 0. The normalized spacial score (nSPS) is 11.9. The van der Waals surface area contributed by atoms with Gasteiger partial charge >= 0.3 is 5.97 Å². The van der Waals surface area contributed by atoms with Crippen molar-refractivity contribution in [1.82, 2.24) is 0 Å². The number of carbonyl (C=O) groups is 1. The molecule has 7 nitrogen and oxygen atoms in total. The first-order valence-electron chi connectivity index (χ1n) is 9.21. The fourth-order valence-electron chi connectivity index (χ4n) is 2.73. The van der Waals surface area contributed by atoms with Crippen LogP contribution in [0, 0.1) is 0 Å². The summed E-state index contributed by atoms with van der Waals surface area (Å²) in [5.74, 6) is 0.532. The van der Waals surface area contributed by atoms with E-state index in [9.17, 15) is 9.59 Å². The summed E-state index contributed by atoms with van der Waals surface area (Å²) < 4.78 is 16.5. The third kappa shape index (κ3) is 4.76. The summed E-state index contributed by atoms with van der Waals surface area (Å²) in [5, 5.41) is 0.342. The minimum absolute atomic E-state index is 0.0895. The van der Waals surface area contributed by atoms with Crippen LogP contribution in [0.5, 0.6) is 17.2 Å². The van der Waals surface area contributed by atoms with Crippen LogP contribution < -0.4 is 26.4 Å². The Hall–Kier alpha value is -3.16. The Morgan fingerprint density at radius 3 is 2.61 bits per heavy atom. The van der Waals surface area contributed by atoms with Crippen molar-refractivity contribution in [2.24, 2.45) is 0 Å². The molecule has 7 heteroatoms. The maximum atomic E-state index is 12.6. The molecule has 0 aliphatic rings. The van der Waals surface area contributed by atoms with Gasteiger partial charge in [-0.15, -0.1) is 0 Å². The molecule has 0 bridgehead atoms. The van der Waals surface area contributed by atoms with Crippen LogP contribution in [0.25, 0.3) is 11.0 Å². The third-order valence-electron chi connectivity index (χ3n) is 4.29. The Balaban J connectivity index is 1.74. The van der Waals surface area contributed by atoms with Crippen molar-refractivity contribution in [3.63, 3.8) is 0 Å². The number of benzene rings is 2. The third-order valence-corrected chi connectivity index (χ3v) is 4.29. The molecular weight excluding hydrogens is 360 g/mol. The first kappa shape index (κ1) is 19.6. The van der Waals surface area contributed by atoms with Gasteiger partial charge in [-0.1, -0.05) is 18.2 Å². The van der Waals surface area contributed by atoms with Crippen molar-refractivity contribution in [3.8, 4) is 17.2 Å². The summed E-state index contributed by atoms with van der Waals surface area (Å²) in [7, 11) is 0. The van der Waals surface area contributed by atoms with Gasteiger partial charge in [-0.3, -0.25) is 4.79 Å². The molecule has 1 atom stereocenters. The van der Waals surface area contributed by atoms with Crippen LogP contribution in [-0.4, -0.2) is 18.6 Å². The SMILES string of the molecule is [NH3+]CCCC[C@@H]([NH3+])C(=O)Oc1ccc2c(=O)c(Oc3ccccc3)coc2c1. The Labute approximate surface area is 161 Å². The number of quaternary nitrogens is 2. The van der Waals surface area contributed by atoms with Crippen LogP contribution in [0.15, 0.2) is 64.0 Å². The van der Waals surface area contributed by atoms with E-state index in [0.717, 1.165) is 19.4 Å². The van der Waals surface area contributed by atoms with Crippen LogP contribution in [0.4, 0.5) is 0 Å². The molecule has 0 unspecified atom stereocenters. The summed E-state index contributed by atoms with van der Waals surface area (Å²) in [6, 6.07) is 13.2. The van der Waals surface area contributed by atoms with Gasteiger partial charge in [0.15, 0.2) is 6.04 Å². The lowest BCUT2D eigenvalue weighted by molar-refractivity contribution is -0.409. The molecule has 6 N–H and O–H groups in total. The van der Waals surface area contributed by atoms with E-state index >= 15 is 0 Å². The van der Waals surface area contributed by atoms with E-state index in [2.05, 4.69) is 11.5 Å². The van der Waals surface area contributed by atoms with E-state index in [1.165, 1.54) is 12.3 Å². The fraction of sp³-hybridized carbons (Fsp3) is 0.238. The molecule has 1 aromatic heterocycles. The standard InChI is InChI=1S/C21H22N2O5/c22-11-5-4-8-17(23)21(25)28-15-9-10-16-18(12-15)26-13-19(20(16)24)27-14-6-2-1-3-7-14/h1-3,6-7,9-10,12-13,17H,4-5,8,11,22-23H2/p+2/t17-/m1/s1. The van der Waals surface area contributed by atoms with Crippen LogP contribution in [0.3, 0.4) is 0 Å². The molecule has 1 heterocycles. The quantitative estimate of drug-likeness (QED) is 0.346. The highest BCUT2D eigenvalue weighted by molar-refractivity contribution is 5.81. The number of unbranched alkanes of at least 4 members (excludes halogenated alkanes) is 1. The van der Waals surface area contributed by atoms with Crippen LogP contribution in [0.1, 0.15) is 19.3 Å². The summed E-state index contributed by atoms with van der Waals surface area (Å²) in [4.78, 5) is 24.8. The maximum absolute atomic E-state index is 12.6. The molecule has 0 saturated carbocycles. The minimum Gasteiger partial charge on any atom is -0.460 e. The van der Waals surface area contributed by atoms with Gasteiger partial charge in [0.25, 0.3) is 0 Å². The van der Waals surface area contributed by atoms with Gasteiger partial charge in [-0.25, -0.2) is 4.79 Å². The van der Waals surface area contributed by atoms with E-state index in [1.807, 2.05) is 18.2 Å². The predicted molar refractivity (Wildman–Crippen MR) is 103 cm³/mol. The van der Waals surface area contributed by atoms with E-state index in [-0.39, 0.29) is 11.2 Å². The van der Waals surface area contributed by atoms with Gasteiger partial charge in [0.2, 0.25) is 11.2 Å². The average Bonchev–Trinajstić information content (AvgIpc) is 2.71. The highest BCUT2D eigenvalue weighted by Gasteiger charge is 2.20. The van der Waals surface area contributed by atoms with E-state index in [1.54, 1.807) is 24.3 Å². The van der Waals surface area contributed by atoms with E-state index in [4.69, 9.17) is 13.9 Å². The Morgan fingerprint density at radius 1 is 1.07 bits per heavy atom. The average molecular weight is 384 g/mol. The van der Waals surface area contributed by atoms with Crippen LogP contribution in [0.2, 0.25) is 0 Å². The lowest BCUT2D eigenvalue weighted by atomic mass is 10.1. The molecule has 0 radical (unpaired) electrons. The van der Waals surface area contributed by atoms with Crippen molar-refractivity contribution in [1.29, 1.82) is 0 Å². The number of ether oxygens (including phenoxy) is 2. The van der Waals surface area contributed by atoms with Gasteiger partial charge in [-0.05, 0) is 37.1 Å². The number of carbonyl (C=O) groups excluding carboxylic acids is 1. The fourth-order valence-corrected chi connectivity index (χ4v) is 2.73. The lowest BCUT2D eigenvalue weighted by Crippen LogP contribution is -2.66. The van der Waals surface area contributed by atoms with Crippen molar-refractivity contribution in [3.05, 3.63) is 65.0 Å². The second-order valence-corrected chi connectivity index (χ2v) is 6.47. The number of hydrogen-bond donors (Lipinski definition) is 2. The van der Waals surface area contributed by atoms with Gasteiger partial charge in [0, 0.05) is 12.5 Å². The Morgan fingerprint density at radius 2 is 1.86 bits per heavy atom. The molecule has 0 aliphatic carbocycles. The Kier molecular flexibility index (Phi) is 6.41. The molecule has 0 aliphatic heterocycles. The first-order chi connectivity index (χ1) is 13.6. The number of rotatable bonds is 8. The zero-order valence-electron chi connectivity index (χ0n) is 15.6. The number of hydrogen-bond acceptors (Lipinski definition) is 5. The second-order valence-electron chi connectivity index (χ2n) is 6.47. The zero-order valence-corrected chi connectivity index (χ0v) is 15.6. The topological polar surface area (TPSA) is 121 Å². The molecule has 0 saturated heterocycles. The molecule has 3 rings (SSSR count). The van der Waals surface area contributed by atoms with Gasteiger partial charge in [0.1, 0.15) is 23.3 Å².